The molecule has 0 radical (unpaired) electrons. The number of methoxy groups -OCH3 is 1. The van der Waals surface area contributed by atoms with Crippen molar-refractivity contribution < 1.29 is 9.53 Å². The topological polar surface area (TPSA) is 280 Å². The van der Waals surface area contributed by atoms with Crippen molar-refractivity contribution in [1.29, 1.82) is 15.9 Å². The van der Waals surface area contributed by atoms with Crippen LogP contribution in [-0.2, 0) is 24.9 Å². The fourth-order valence-corrected chi connectivity index (χ4v) is 9.60. The van der Waals surface area contributed by atoms with E-state index in [1.165, 1.54) is 0 Å². The number of carbonyl (C=O) groups excluding carboxylic acids is 1. The number of ether oxygens (including phenoxy) is 1. The maximum atomic E-state index is 12.9. The molecule has 0 saturated carbocycles. The van der Waals surface area contributed by atoms with Gasteiger partial charge in [-0.2, -0.15) is 15.6 Å². The van der Waals surface area contributed by atoms with E-state index in [1.807, 2.05) is 114 Å². The number of nitrogens with zero attached hydrogens (tertiary/aromatic N) is 15. The minimum absolute atomic E-state index is 0.0743. The molecule has 21 nitrogen and oxygen atoms in total. The molecule has 8 aromatic heterocycles. The predicted molar refractivity (Wildman–Crippen MR) is 294 cm³/mol. The summed E-state index contributed by atoms with van der Waals surface area (Å²) in [5.74, 6) is 2.63. The van der Waals surface area contributed by atoms with Gasteiger partial charge in [-0.25, -0.2) is 24.0 Å². The largest absolute Gasteiger partial charge is 0.481 e. The second-order valence-electron chi connectivity index (χ2n) is 18.8. The molecule has 9 aromatic rings. The van der Waals surface area contributed by atoms with Crippen molar-refractivity contribution >= 4 is 45.9 Å². The van der Waals surface area contributed by atoms with Crippen LogP contribution in [0.4, 0.5) is 23.3 Å². The Morgan fingerprint density at radius 1 is 0.701 bits per heavy atom. The summed E-state index contributed by atoms with van der Waals surface area (Å²) in [6, 6.07) is 30.0. The van der Waals surface area contributed by atoms with Gasteiger partial charge >= 0.3 is 0 Å². The zero-order valence-corrected chi connectivity index (χ0v) is 42.7. The van der Waals surface area contributed by atoms with Crippen molar-refractivity contribution in [2.75, 3.05) is 74.2 Å². The molecule has 0 aliphatic carbocycles. The van der Waals surface area contributed by atoms with E-state index in [0.717, 1.165) is 88.9 Å². The Hall–Kier alpha value is -10.1. The molecule has 1 amide bonds. The number of pyridine rings is 5. The van der Waals surface area contributed by atoms with E-state index in [4.69, 9.17) is 37.3 Å². The minimum Gasteiger partial charge on any atom is -0.481 e. The lowest BCUT2D eigenvalue weighted by molar-refractivity contribution is -0.131. The van der Waals surface area contributed by atoms with Crippen LogP contribution in [0.3, 0.4) is 0 Å². The number of nitrogens with two attached hydrogens (primary N) is 3. The van der Waals surface area contributed by atoms with E-state index < -0.39 is 0 Å². The summed E-state index contributed by atoms with van der Waals surface area (Å²) < 4.78 is 10.1. The third-order valence-electron chi connectivity index (χ3n) is 13.5. The van der Waals surface area contributed by atoms with Crippen molar-refractivity contribution in [3.05, 3.63) is 162 Å². The molecule has 2 aliphatic heterocycles. The van der Waals surface area contributed by atoms with Gasteiger partial charge in [0.2, 0.25) is 11.8 Å². The standard InChI is InChI=1S/C28H30N10O.C28H25N9O/c1-18(30)11-24(31)21-12-22(27-23(13-29)28(32)35-38(27)17-21)20-4-5-25(33-15-20)37-9-7-36(8-10-37)16-19-3-6-26(39-2)34-14-19;1-34-16-22(14-32-34)21-11-23(27-24(12-29)28(30)33-37(27)17-21)20-7-8-25(31-13-20)35-9-10-36(26(38)18-35)15-19-5-3-2-4-6-19/h3-6,11-12,14-15,17,31H,7-10,16,30H2,1-2H3,(H2,32,35);2-8,11,13-14,16-17H,9-10,15,18H2,1H3,(H2,30,33). The van der Waals surface area contributed by atoms with Crippen LogP contribution in [0.15, 0.2) is 134 Å². The molecule has 10 heterocycles. The number of carbonyl (C=O) groups is 1. The summed E-state index contributed by atoms with van der Waals surface area (Å²) in [4.78, 5) is 35.1. The summed E-state index contributed by atoms with van der Waals surface area (Å²) >= 11 is 0. The number of aryl methyl sites for hydroxylation is 1. The Balaban J connectivity index is 0.000000175. The lowest BCUT2D eigenvalue weighted by Gasteiger charge is -2.35. The van der Waals surface area contributed by atoms with Gasteiger partial charge < -0.3 is 42.0 Å². The van der Waals surface area contributed by atoms with Crippen molar-refractivity contribution in [2.45, 2.75) is 20.0 Å². The smallest absolute Gasteiger partial charge is 0.242 e. The van der Waals surface area contributed by atoms with Gasteiger partial charge in [0.25, 0.3) is 0 Å². The molecule has 77 heavy (non-hydrogen) atoms. The number of nitriles is 2. The van der Waals surface area contributed by atoms with Gasteiger partial charge in [-0.15, -0.1) is 10.2 Å². The van der Waals surface area contributed by atoms with Gasteiger partial charge in [-0.05, 0) is 60.5 Å². The number of allylic oxidation sites excluding steroid dienone is 2. The molecule has 0 spiro atoms. The first kappa shape index (κ1) is 50.4. The van der Waals surface area contributed by atoms with Gasteiger partial charge in [0.1, 0.15) is 34.9 Å². The Morgan fingerprint density at radius 2 is 1.34 bits per heavy atom. The van der Waals surface area contributed by atoms with Crippen LogP contribution in [0.1, 0.15) is 34.7 Å². The van der Waals surface area contributed by atoms with Gasteiger partial charge in [-0.1, -0.05) is 36.4 Å². The summed E-state index contributed by atoms with van der Waals surface area (Å²) in [6.45, 7) is 8.32. The Morgan fingerprint density at radius 3 is 1.90 bits per heavy atom. The molecule has 0 bridgehead atoms. The highest BCUT2D eigenvalue weighted by Gasteiger charge is 2.26. The summed E-state index contributed by atoms with van der Waals surface area (Å²) in [5, 5.41) is 40.9. The van der Waals surface area contributed by atoms with Crippen LogP contribution >= 0.6 is 0 Å². The third kappa shape index (κ3) is 10.8. The van der Waals surface area contributed by atoms with Crippen molar-refractivity contribution in [3.63, 3.8) is 0 Å². The third-order valence-corrected chi connectivity index (χ3v) is 13.5. The fourth-order valence-electron chi connectivity index (χ4n) is 9.60. The predicted octanol–water partition coefficient (Wildman–Crippen LogP) is 5.91. The lowest BCUT2D eigenvalue weighted by atomic mass is 10.0. The van der Waals surface area contributed by atoms with Crippen LogP contribution in [0.2, 0.25) is 0 Å². The molecule has 2 saturated heterocycles. The van der Waals surface area contributed by atoms with Gasteiger partial charge in [0, 0.05) is 147 Å². The number of benzene rings is 1. The maximum Gasteiger partial charge on any atom is 0.242 e. The molecule has 7 N–H and O–H groups in total. The monoisotopic (exact) mass is 1030 g/mol. The quantitative estimate of drug-likeness (QED) is 0.104. The highest BCUT2D eigenvalue weighted by molar-refractivity contribution is 6.08. The number of amides is 1. The zero-order chi connectivity index (χ0) is 53.7. The SMILES string of the molecule is COc1ccc(CN2CCN(c3ccc(-c4cc(C(=N)C=C(C)N)cn5nc(N)c(C#N)c45)cn3)CC2)cn1.Cn1cc(-c2cc(-c3ccc(N4CCN(Cc5ccccc5)C(=O)C4)nc3)c3c(C#N)c(N)nn3c2)cn1. The zero-order valence-electron chi connectivity index (χ0n) is 42.7. The molecular formula is C56H55N19O2. The van der Waals surface area contributed by atoms with Crippen LogP contribution in [0, 0.1) is 28.1 Å². The molecule has 21 heteroatoms. The maximum absolute atomic E-state index is 12.9. The van der Waals surface area contributed by atoms with E-state index in [-0.39, 0.29) is 29.8 Å². The average molecular weight is 1030 g/mol. The second-order valence-corrected chi connectivity index (χ2v) is 18.8. The molecule has 1 aromatic carbocycles. The normalized spacial score (nSPS) is 14.1. The minimum atomic E-state index is 0.0743. The van der Waals surface area contributed by atoms with E-state index in [9.17, 15) is 15.3 Å². The highest BCUT2D eigenvalue weighted by atomic mass is 16.5. The fraction of sp³-hybridized carbons (Fsp3) is 0.214. The molecular weight excluding hydrogens is 971 g/mol. The first-order chi connectivity index (χ1) is 37.4. The average Bonchev–Trinajstić information content (AvgIpc) is 4.19. The molecule has 386 valence electrons. The number of piperazine rings is 2. The van der Waals surface area contributed by atoms with Gasteiger partial charge in [0.15, 0.2) is 11.6 Å². The van der Waals surface area contributed by atoms with E-state index in [0.29, 0.717) is 58.9 Å². The number of anilines is 4. The Kier molecular flexibility index (Phi) is 14.2. The Labute approximate surface area is 443 Å². The summed E-state index contributed by atoms with van der Waals surface area (Å²) in [5.41, 5.74) is 28.3. The summed E-state index contributed by atoms with van der Waals surface area (Å²) in [6.07, 6.45) is 14.2. The first-order valence-electron chi connectivity index (χ1n) is 24.8. The van der Waals surface area contributed by atoms with Crippen molar-refractivity contribution in [2.24, 2.45) is 12.8 Å². The number of hydrogen-bond acceptors (Lipinski definition) is 17. The molecule has 2 fully saturated rings. The second kappa shape index (κ2) is 21.8. The van der Waals surface area contributed by atoms with Crippen LogP contribution in [0.5, 0.6) is 5.88 Å². The van der Waals surface area contributed by atoms with Crippen LogP contribution < -0.4 is 31.7 Å². The van der Waals surface area contributed by atoms with Crippen LogP contribution in [0.25, 0.3) is 44.4 Å². The van der Waals surface area contributed by atoms with Gasteiger partial charge in [-0.3, -0.25) is 14.4 Å². The molecule has 0 atom stereocenters. The number of nitrogen functional groups attached to an aromatic ring is 2. The number of aromatic nitrogens is 9. The van der Waals surface area contributed by atoms with E-state index >= 15 is 0 Å². The van der Waals surface area contributed by atoms with Gasteiger partial charge in [0.05, 0.1) is 36.6 Å². The number of rotatable bonds is 12. The lowest BCUT2D eigenvalue weighted by Crippen LogP contribution is -2.50. The first-order valence-corrected chi connectivity index (χ1v) is 24.8. The number of fused-ring (bicyclic) bond motifs is 2. The van der Waals surface area contributed by atoms with E-state index in [2.05, 4.69) is 42.2 Å². The number of nitrogens with one attached hydrogen (secondary N) is 1. The Bertz CT molecular complexity index is 3740. The molecule has 0 unspecified atom stereocenters. The van der Waals surface area contributed by atoms with Crippen molar-refractivity contribution in [1.82, 2.24) is 53.8 Å². The van der Waals surface area contributed by atoms with Crippen molar-refractivity contribution in [3.8, 4) is 51.4 Å². The summed E-state index contributed by atoms with van der Waals surface area (Å²) in [7, 11) is 3.47. The van der Waals surface area contributed by atoms with E-state index in [1.54, 1.807) is 58.6 Å². The molecule has 11 rings (SSSR count). The number of hydrogen-bond donors (Lipinski definition) is 4. The molecule has 2 aliphatic rings. The highest BCUT2D eigenvalue weighted by Crippen LogP contribution is 2.35. The van der Waals surface area contributed by atoms with Crippen LogP contribution in [-0.4, -0.2) is 118 Å².